The molecule has 1 saturated heterocycles. The topological polar surface area (TPSA) is 86.8 Å². The van der Waals surface area contributed by atoms with Crippen molar-refractivity contribution in [1.82, 2.24) is 25.5 Å². The fourth-order valence-electron chi connectivity index (χ4n) is 3.22. The SMILES string of the molecule is O=C(NC1CCCN(c2ncccn2)C1)c1ccc(-c2ccn[nH]2)cc1. The third kappa shape index (κ3) is 3.56. The van der Waals surface area contributed by atoms with Crippen LogP contribution in [-0.2, 0) is 0 Å². The van der Waals surface area contributed by atoms with Crippen molar-refractivity contribution in [3.8, 4) is 11.3 Å². The molecule has 7 heteroatoms. The molecule has 0 radical (unpaired) electrons. The molecule has 1 unspecified atom stereocenters. The molecule has 0 saturated carbocycles. The highest BCUT2D eigenvalue weighted by molar-refractivity contribution is 5.94. The van der Waals surface area contributed by atoms with Crippen LogP contribution in [0.25, 0.3) is 11.3 Å². The number of carbonyl (C=O) groups is 1. The van der Waals surface area contributed by atoms with Gasteiger partial charge in [-0.3, -0.25) is 9.89 Å². The predicted molar refractivity (Wildman–Crippen MR) is 98.8 cm³/mol. The number of aromatic nitrogens is 4. The van der Waals surface area contributed by atoms with Crippen LogP contribution in [-0.4, -0.2) is 45.2 Å². The molecule has 2 aromatic heterocycles. The first-order valence-corrected chi connectivity index (χ1v) is 8.72. The number of carbonyl (C=O) groups excluding carboxylic acids is 1. The van der Waals surface area contributed by atoms with Crippen LogP contribution < -0.4 is 10.2 Å². The van der Waals surface area contributed by atoms with Gasteiger partial charge in [-0.25, -0.2) is 9.97 Å². The third-order valence-electron chi connectivity index (χ3n) is 4.55. The van der Waals surface area contributed by atoms with E-state index in [0.717, 1.165) is 43.1 Å². The lowest BCUT2D eigenvalue weighted by Crippen LogP contribution is -2.48. The number of hydrogen-bond donors (Lipinski definition) is 2. The summed E-state index contributed by atoms with van der Waals surface area (Å²) in [6.45, 7) is 1.64. The predicted octanol–water partition coefficient (Wildman–Crippen LogP) is 2.27. The Morgan fingerprint density at radius 1 is 1.12 bits per heavy atom. The van der Waals surface area contributed by atoms with E-state index in [1.165, 1.54) is 0 Å². The van der Waals surface area contributed by atoms with E-state index in [0.29, 0.717) is 5.56 Å². The molecule has 7 nitrogen and oxygen atoms in total. The minimum Gasteiger partial charge on any atom is -0.348 e. The van der Waals surface area contributed by atoms with Crippen LogP contribution in [0.3, 0.4) is 0 Å². The highest BCUT2D eigenvalue weighted by atomic mass is 16.1. The Labute approximate surface area is 151 Å². The largest absolute Gasteiger partial charge is 0.348 e. The molecule has 3 heterocycles. The third-order valence-corrected chi connectivity index (χ3v) is 4.55. The van der Waals surface area contributed by atoms with Crippen LogP contribution >= 0.6 is 0 Å². The Morgan fingerprint density at radius 2 is 1.92 bits per heavy atom. The van der Waals surface area contributed by atoms with Gasteiger partial charge in [0, 0.05) is 43.3 Å². The van der Waals surface area contributed by atoms with Crippen molar-refractivity contribution in [2.24, 2.45) is 0 Å². The maximum absolute atomic E-state index is 12.6. The van der Waals surface area contributed by atoms with E-state index in [9.17, 15) is 4.79 Å². The summed E-state index contributed by atoms with van der Waals surface area (Å²) < 4.78 is 0. The van der Waals surface area contributed by atoms with Crippen molar-refractivity contribution >= 4 is 11.9 Å². The van der Waals surface area contributed by atoms with E-state index < -0.39 is 0 Å². The van der Waals surface area contributed by atoms with E-state index in [2.05, 4.69) is 30.4 Å². The first-order valence-electron chi connectivity index (χ1n) is 8.72. The maximum atomic E-state index is 12.6. The fourth-order valence-corrected chi connectivity index (χ4v) is 3.22. The summed E-state index contributed by atoms with van der Waals surface area (Å²) in [5.74, 6) is 0.664. The van der Waals surface area contributed by atoms with Crippen LogP contribution in [0.1, 0.15) is 23.2 Å². The molecule has 1 atom stereocenters. The quantitative estimate of drug-likeness (QED) is 0.755. The molecule has 1 fully saturated rings. The summed E-state index contributed by atoms with van der Waals surface area (Å²) >= 11 is 0. The van der Waals surface area contributed by atoms with Gasteiger partial charge in [-0.1, -0.05) is 12.1 Å². The van der Waals surface area contributed by atoms with E-state index >= 15 is 0 Å². The summed E-state index contributed by atoms with van der Waals surface area (Å²) in [5.41, 5.74) is 2.59. The van der Waals surface area contributed by atoms with Crippen molar-refractivity contribution in [3.63, 3.8) is 0 Å². The van der Waals surface area contributed by atoms with Gasteiger partial charge in [-0.15, -0.1) is 0 Å². The first kappa shape index (κ1) is 16.3. The molecule has 26 heavy (non-hydrogen) atoms. The molecule has 3 aromatic rings. The molecule has 1 amide bonds. The Morgan fingerprint density at radius 3 is 2.65 bits per heavy atom. The zero-order valence-corrected chi connectivity index (χ0v) is 14.3. The number of aromatic amines is 1. The lowest BCUT2D eigenvalue weighted by Gasteiger charge is -2.33. The number of anilines is 1. The molecule has 0 aliphatic carbocycles. The van der Waals surface area contributed by atoms with Crippen LogP contribution in [0, 0.1) is 0 Å². The van der Waals surface area contributed by atoms with E-state index in [-0.39, 0.29) is 11.9 Å². The lowest BCUT2D eigenvalue weighted by atomic mass is 10.0. The molecule has 0 spiro atoms. The molecule has 1 aromatic carbocycles. The van der Waals surface area contributed by atoms with Gasteiger partial charge in [-0.05, 0) is 42.7 Å². The smallest absolute Gasteiger partial charge is 0.251 e. The average molecular weight is 348 g/mol. The minimum atomic E-state index is -0.0537. The van der Waals surface area contributed by atoms with Gasteiger partial charge in [0.25, 0.3) is 5.91 Å². The van der Waals surface area contributed by atoms with Crippen LogP contribution in [0.2, 0.25) is 0 Å². The lowest BCUT2D eigenvalue weighted by molar-refractivity contribution is 0.0933. The molecule has 132 valence electrons. The molecule has 1 aliphatic rings. The Balaban J connectivity index is 1.39. The zero-order chi connectivity index (χ0) is 17.8. The normalized spacial score (nSPS) is 17.1. The van der Waals surface area contributed by atoms with Gasteiger partial charge in [0.1, 0.15) is 0 Å². The number of benzene rings is 1. The second-order valence-electron chi connectivity index (χ2n) is 6.36. The van der Waals surface area contributed by atoms with Crippen molar-refractivity contribution in [2.75, 3.05) is 18.0 Å². The summed E-state index contributed by atoms with van der Waals surface area (Å²) in [4.78, 5) is 23.3. The number of piperidine rings is 1. The molecular weight excluding hydrogens is 328 g/mol. The van der Waals surface area contributed by atoms with Crippen LogP contribution in [0.5, 0.6) is 0 Å². The minimum absolute atomic E-state index is 0.0537. The van der Waals surface area contributed by atoms with Crippen molar-refractivity contribution < 1.29 is 4.79 Å². The van der Waals surface area contributed by atoms with Crippen molar-refractivity contribution in [1.29, 1.82) is 0 Å². The Hall–Kier alpha value is -3.22. The number of nitrogens with zero attached hydrogens (tertiary/aromatic N) is 4. The average Bonchev–Trinajstić information content (AvgIpc) is 3.24. The number of nitrogens with one attached hydrogen (secondary N) is 2. The second kappa shape index (κ2) is 7.35. The first-order chi connectivity index (χ1) is 12.8. The Bertz CT molecular complexity index is 848. The molecule has 4 rings (SSSR count). The summed E-state index contributed by atoms with van der Waals surface area (Å²) in [6, 6.07) is 11.3. The standard InChI is InChI=1S/C19H20N6O/c26-18(15-6-4-14(5-7-15)17-8-11-22-24-17)23-16-3-1-12-25(13-16)19-20-9-2-10-21-19/h2,4-11,16H,1,3,12-13H2,(H,22,24)(H,23,26). The van der Waals surface area contributed by atoms with Gasteiger partial charge in [0.15, 0.2) is 0 Å². The highest BCUT2D eigenvalue weighted by Crippen LogP contribution is 2.18. The summed E-state index contributed by atoms with van der Waals surface area (Å²) in [5, 5.41) is 10.00. The summed E-state index contributed by atoms with van der Waals surface area (Å²) in [7, 11) is 0. The van der Waals surface area contributed by atoms with E-state index in [4.69, 9.17) is 0 Å². The highest BCUT2D eigenvalue weighted by Gasteiger charge is 2.23. The number of amides is 1. The summed E-state index contributed by atoms with van der Waals surface area (Å²) in [6.07, 6.45) is 7.15. The van der Waals surface area contributed by atoms with Crippen molar-refractivity contribution in [2.45, 2.75) is 18.9 Å². The molecule has 1 aliphatic heterocycles. The van der Waals surface area contributed by atoms with Crippen LogP contribution in [0.4, 0.5) is 5.95 Å². The van der Waals surface area contributed by atoms with E-state index in [1.807, 2.05) is 30.3 Å². The second-order valence-corrected chi connectivity index (χ2v) is 6.36. The number of hydrogen-bond acceptors (Lipinski definition) is 5. The Kier molecular flexibility index (Phi) is 4.59. The molecule has 0 bridgehead atoms. The van der Waals surface area contributed by atoms with Crippen molar-refractivity contribution in [3.05, 3.63) is 60.6 Å². The number of rotatable bonds is 4. The van der Waals surface area contributed by atoms with Gasteiger partial charge in [0.2, 0.25) is 5.95 Å². The zero-order valence-electron chi connectivity index (χ0n) is 14.3. The van der Waals surface area contributed by atoms with Gasteiger partial charge in [0.05, 0.1) is 5.69 Å². The van der Waals surface area contributed by atoms with Gasteiger partial charge >= 0.3 is 0 Å². The van der Waals surface area contributed by atoms with Gasteiger partial charge < -0.3 is 10.2 Å². The monoisotopic (exact) mass is 348 g/mol. The van der Waals surface area contributed by atoms with Crippen LogP contribution in [0.15, 0.2) is 55.0 Å². The maximum Gasteiger partial charge on any atom is 0.251 e. The molecular formula is C19H20N6O. The van der Waals surface area contributed by atoms with Gasteiger partial charge in [-0.2, -0.15) is 5.10 Å². The fraction of sp³-hybridized carbons (Fsp3) is 0.263. The molecule has 2 N–H and O–H groups in total. The van der Waals surface area contributed by atoms with E-state index in [1.54, 1.807) is 24.7 Å². The number of H-pyrrole nitrogens is 1.